The fourth-order valence-electron chi connectivity index (χ4n) is 2.31. The van der Waals surface area contributed by atoms with Crippen molar-refractivity contribution in [1.82, 2.24) is 5.32 Å². The number of nitrogens with one attached hydrogen (secondary N) is 1. The van der Waals surface area contributed by atoms with E-state index < -0.39 is 6.10 Å². The van der Waals surface area contributed by atoms with E-state index in [0.717, 1.165) is 23.2 Å². The largest absolute Gasteiger partial charge is 0.384 e. The van der Waals surface area contributed by atoms with Crippen LogP contribution in [0.15, 0.2) is 42.5 Å². The SMILES string of the molecule is CNCc1cccc(C(O)c2cc(C)ccc2C)c1. The lowest BCUT2D eigenvalue weighted by Crippen LogP contribution is -2.07. The second kappa shape index (κ2) is 6.00. The molecule has 0 aliphatic carbocycles. The molecule has 2 rings (SSSR count). The lowest BCUT2D eigenvalue weighted by atomic mass is 9.95. The summed E-state index contributed by atoms with van der Waals surface area (Å²) in [6.07, 6.45) is -0.559. The number of aryl methyl sites for hydroxylation is 2. The van der Waals surface area contributed by atoms with E-state index in [2.05, 4.69) is 35.6 Å². The minimum Gasteiger partial charge on any atom is -0.384 e. The molecule has 0 bridgehead atoms. The Labute approximate surface area is 115 Å². The number of aliphatic hydroxyl groups excluding tert-OH is 1. The number of aliphatic hydroxyl groups is 1. The van der Waals surface area contributed by atoms with Crippen LogP contribution < -0.4 is 5.32 Å². The smallest absolute Gasteiger partial charge is 0.104 e. The van der Waals surface area contributed by atoms with Gasteiger partial charge in [-0.1, -0.05) is 48.0 Å². The molecular weight excluding hydrogens is 234 g/mol. The first-order valence-corrected chi connectivity index (χ1v) is 6.60. The van der Waals surface area contributed by atoms with Crippen LogP contribution in [0.3, 0.4) is 0 Å². The number of rotatable bonds is 4. The molecule has 0 saturated carbocycles. The summed E-state index contributed by atoms with van der Waals surface area (Å²) < 4.78 is 0. The number of hydrogen-bond donors (Lipinski definition) is 2. The highest BCUT2D eigenvalue weighted by Crippen LogP contribution is 2.26. The minimum absolute atomic E-state index is 0.559. The molecule has 2 aromatic carbocycles. The summed E-state index contributed by atoms with van der Waals surface area (Å²) in [5, 5.41) is 13.7. The molecular formula is C17H21NO. The van der Waals surface area contributed by atoms with Crippen LogP contribution in [0.2, 0.25) is 0 Å². The summed E-state index contributed by atoms with van der Waals surface area (Å²) in [6, 6.07) is 14.3. The molecule has 0 aliphatic rings. The molecule has 0 aliphatic heterocycles. The highest BCUT2D eigenvalue weighted by atomic mass is 16.3. The van der Waals surface area contributed by atoms with Crippen molar-refractivity contribution in [2.24, 2.45) is 0 Å². The van der Waals surface area contributed by atoms with Crippen molar-refractivity contribution in [2.45, 2.75) is 26.5 Å². The maximum atomic E-state index is 10.6. The Bertz CT molecular complexity index is 563. The van der Waals surface area contributed by atoms with E-state index in [1.165, 1.54) is 11.1 Å². The fraction of sp³-hybridized carbons (Fsp3) is 0.294. The third kappa shape index (κ3) is 3.22. The molecule has 0 heterocycles. The zero-order valence-electron chi connectivity index (χ0n) is 11.8. The zero-order valence-corrected chi connectivity index (χ0v) is 11.8. The average Bonchev–Trinajstić information content (AvgIpc) is 2.41. The Balaban J connectivity index is 2.35. The number of hydrogen-bond acceptors (Lipinski definition) is 2. The van der Waals surface area contributed by atoms with E-state index in [1.54, 1.807) is 0 Å². The molecule has 100 valence electrons. The molecule has 0 saturated heterocycles. The van der Waals surface area contributed by atoms with Gasteiger partial charge in [-0.15, -0.1) is 0 Å². The number of benzene rings is 2. The zero-order chi connectivity index (χ0) is 13.8. The molecule has 2 aromatic rings. The normalized spacial score (nSPS) is 12.4. The van der Waals surface area contributed by atoms with Gasteiger partial charge in [0, 0.05) is 6.54 Å². The average molecular weight is 255 g/mol. The van der Waals surface area contributed by atoms with Gasteiger partial charge in [-0.3, -0.25) is 0 Å². The van der Waals surface area contributed by atoms with Crippen LogP contribution >= 0.6 is 0 Å². The predicted molar refractivity (Wildman–Crippen MR) is 79.2 cm³/mol. The second-order valence-electron chi connectivity index (χ2n) is 5.04. The van der Waals surface area contributed by atoms with E-state index in [4.69, 9.17) is 0 Å². The quantitative estimate of drug-likeness (QED) is 0.880. The molecule has 19 heavy (non-hydrogen) atoms. The lowest BCUT2D eigenvalue weighted by molar-refractivity contribution is 0.219. The van der Waals surface area contributed by atoms with Crippen molar-refractivity contribution in [3.05, 3.63) is 70.3 Å². The summed E-state index contributed by atoms with van der Waals surface area (Å²) in [6.45, 7) is 4.90. The fourth-order valence-corrected chi connectivity index (χ4v) is 2.31. The van der Waals surface area contributed by atoms with Crippen LogP contribution in [0.5, 0.6) is 0 Å². The van der Waals surface area contributed by atoms with Gasteiger partial charge in [-0.2, -0.15) is 0 Å². The van der Waals surface area contributed by atoms with Gasteiger partial charge in [-0.05, 0) is 43.1 Å². The molecule has 0 fully saturated rings. The van der Waals surface area contributed by atoms with Gasteiger partial charge in [0.15, 0.2) is 0 Å². The van der Waals surface area contributed by atoms with Crippen molar-refractivity contribution in [2.75, 3.05) is 7.05 Å². The molecule has 1 unspecified atom stereocenters. The predicted octanol–water partition coefficient (Wildman–Crippen LogP) is 3.10. The first kappa shape index (κ1) is 13.8. The maximum Gasteiger partial charge on any atom is 0.104 e. The van der Waals surface area contributed by atoms with Crippen LogP contribution in [-0.2, 0) is 6.54 Å². The van der Waals surface area contributed by atoms with Gasteiger partial charge in [0.05, 0.1) is 0 Å². The monoisotopic (exact) mass is 255 g/mol. The first-order valence-electron chi connectivity index (χ1n) is 6.60. The molecule has 0 amide bonds. The van der Waals surface area contributed by atoms with Crippen LogP contribution in [0.1, 0.15) is 33.9 Å². The Morgan fingerprint density at radius 3 is 2.63 bits per heavy atom. The van der Waals surface area contributed by atoms with Gasteiger partial charge in [0.1, 0.15) is 6.10 Å². The van der Waals surface area contributed by atoms with Crippen molar-refractivity contribution in [1.29, 1.82) is 0 Å². The Hall–Kier alpha value is -1.64. The van der Waals surface area contributed by atoms with E-state index in [-0.39, 0.29) is 0 Å². The van der Waals surface area contributed by atoms with Crippen LogP contribution in [0.4, 0.5) is 0 Å². The summed E-state index contributed by atoms with van der Waals surface area (Å²) in [7, 11) is 1.92. The van der Waals surface area contributed by atoms with Gasteiger partial charge in [0.25, 0.3) is 0 Å². The molecule has 2 N–H and O–H groups in total. The Kier molecular flexibility index (Phi) is 4.35. The Morgan fingerprint density at radius 2 is 1.89 bits per heavy atom. The lowest BCUT2D eigenvalue weighted by Gasteiger charge is -2.16. The topological polar surface area (TPSA) is 32.3 Å². The van der Waals surface area contributed by atoms with Crippen LogP contribution in [0.25, 0.3) is 0 Å². The van der Waals surface area contributed by atoms with Crippen molar-refractivity contribution < 1.29 is 5.11 Å². The van der Waals surface area contributed by atoms with Gasteiger partial charge >= 0.3 is 0 Å². The highest BCUT2D eigenvalue weighted by Gasteiger charge is 2.13. The molecule has 2 heteroatoms. The third-order valence-electron chi connectivity index (χ3n) is 3.38. The highest BCUT2D eigenvalue weighted by molar-refractivity contribution is 5.38. The summed E-state index contributed by atoms with van der Waals surface area (Å²) in [5.41, 5.74) is 5.41. The summed E-state index contributed by atoms with van der Waals surface area (Å²) in [5.74, 6) is 0. The van der Waals surface area contributed by atoms with Crippen LogP contribution in [-0.4, -0.2) is 12.2 Å². The first-order chi connectivity index (χ1) is 9.11. The molecule has 1 atom stereocenters. The second-order valence-corrected chi connectivity index (χ2v) is 5.04. The summed E-state index contributed by atoms with van der Waals surface area (Å²) in [4.78, 5) is 0. The maximum absolute atomic E-state index is 10.6. The molecule has 0 radical (unpaired) electrons. The third-order valence-corrected chi connectivity index (χ3v) is 3.38. The van der Waals surface area contributed by atoms with Gasteiger partial charge < -0.3 is 10.4 Å². The van der Waals surface area contributed by atoms with Crippen molar-refractivity contribution in [3.8, 4) is 0 Å². The standard InChI is InChI=1S/C17H21NO/c1-12-7-8-13(2)16(9-12)17(19)15-6-4-5-14(10-15)11-18-3/h4-10,17-19H,11H2,1-3H3. The van der Waals surface area contributed by atoms with Crippen molar-refractivity contribution in [3.63, 3.8) is 0 Å². The molecule has 2 nitrogen and oxygen atoms in total. The van der Waals surface area contributed by atoms with Gasteiger partial charge in [-0.25, -0.2) is 0 Å². The Morgan fingerprint density at radius 1 is 1.11 bits per heavy atom. The van der Waals surface area contributed by atoms with E-state index in [0.29, 0.717) is 0 Å². The molecule has 0 aromatic heterocycles. The van der Waals surface area contributed by atoms with Crippen molar-refractivity contribution >= 4 is 0 Å². The summed E-state index contributed by atoms with van der Waals surface area (Å²) >= 11 is 0. The minimum atomic E-state index is -0.559. The van der Waals surface area contributed by atoms with Crippen LogP contribution in [0, 0.1) is 13.8 Å². The molecule has 0 spiro atoms. The van der Waals surface area contributed by atoms with E-state index in [1.807, 2.05) is 33.0 Å². The van der Waals surface area contributed by atoms with E-state index >= 15 is 0 Å². The van der Waals surface area contributed by atoms with E-state index in [9.17, 15) is 5.11 Å². The van der Waals surface area contributed by atoms with Gasteiger partial charge in [0.2, 0.25) is 0 Å².